The molecule has 7 rings (SSSR count). The largest absolute Gasteiger partial charge is 0.434 e. The lowest BCUT2D eigenvalue weighted by molar-refractivity contribution is -0.126. The molecule has 254 valence electrons. The first-order chi connectivity index (χ1) is 22.4. The highest BCUT2D eigenvalue weighted by Crippen LogP contribution is 2.47. The molecule has 47 heavy (non-hydrogen) atoms. The molecule has 3 saturated heterocycles. The summed E-state index contributed by atoms with van der Waals surface area (Å²) < 4.78 is 20.7. The molecule has 2 saturated carbocycles. The summed E-state index contributed by atoms with van der Waals surface area (Å²) in [6.07, 6.45) is 12.3. The second-order valence-corrected chi connectivity index (χ2v) is 16.1. The highest BCUT2D eigenvalue weighted by Gasteiger charge is 2.51. The molecule has 1 N–H and O–H groups in total. The number of benzene rings is 1. The van der Waals surface area contributed by atoms with Crippen LogP contribution in [-0.4, -0.2) is 87.1 Å². The van der Waals surface area contributed by atoms with Crippen LogP contribution < -0.4 is 15.0 Å². The van der Waals surface area contributed by atoms with Crippen molar-refractivity contribution in [2.75, 3.05) is 37.6 Å². The van der Waals surface area contributed by atoms with Gasteiger partial charge in [0.15, 0.2) is 5.82 Å². The standard InChI is InChI=1S/C36H50FN7O3/c1-24(2)44(27-6-5-7-27)32(45)28-18-26(37)8-9-29(28)47-31-30(38-23-39-41-31)43-21-35(22-43)14-16-42(17-15-35)19-25-10-12-36(13-11-25)20-34(3,4)33(46)40-36/h8-9,18,23-25,27H,5-7,10-17,19-22H2,1-4H3,(H,40,46). The van der Waals surface area contributed by atoms with Gasteiger partial charge < -0.3 is 24.8 Å². The summed E-state index contributed by atoms with van der Waals surface area (Å²) in [7, 11) is 0. The Kier molecular flexibility index (Phi) is 8.42. The zero-order chi connectivity index (χ0) is 33.0. The van der Waals surface area contributed by atoms with Crippen molar-refractivity contribution in [2.45, 2.75) is 110 Å². The van der Waals surface area contributed by atoms with Gasteiger partial charge in [-0.2, -0.15) is 0 Å². The van der Waals surface area contributed by atoms with Crippen LogP contribution in [0.25, 0.3) is 0 Å². The van der Waals surface area contributed by atoms with Gasteiger partial charge in [-0.05, 0) is 115 Å². The third-order valence-electron chi connectivity index (χ3n) is 11.8. The molecule has 1 aromatic carbocycles. The predicted molar refractivity (Wildman–Crippen MR) is 177 cm³/mol. The third kappa shape index (κ3) is 6.32. The number of nitrogens with one attached hydrogen (secondary N) is 1. The van der Waals surface area contributed by atoms with Gasteiger partial charge in [0.2, 0.25) is 5.91 Å². The van der Waals surface area contributed by atoms with Gasteiger partial charge in [-0.15, -0.1) is 10.2 Å². The van der Waals surface area contributed by atoms with Crippen molar-refractivity contribution in [1.29, 1.82) is 0 Å². The lowest BCUT2D eigenvalue weighted by Gasteiger charge is -2.54. The number of carbonyl (C=O) groups is 2. The van der Waals surface area contributed by atoms with Crippen LogP contribution in [0.1, 0.15) is 102 Å². The molecule has 10 nitrogen and oxygen atoms in total. The molecule has 0 atom stereocenters. The van der Waals surface area contributed by atoms with E-state index in [0.717, 1.165) is 84.1 Å². The minimum Gasteiger partial charge on any atom is -0.434 e. The van der Waals surface area contributed by atoms with Crippen molar-refractivity contribution in [3.05, 3.63) is 35.9 Å². The average Bonchev–Trinajstić information content (AvgIpc) is 3.23. The van der Waals surface area contributed by atoms with Gasteiger partial charge in [-0.3, -0.25) is 9.59 Å². The van der Waals surface area contributed by atoms with E-state index < -0.39 is 5.82 Å². The Morgan fingerprint density at radius 1 is 1.11 bits per heavy atom. The summed E-state index contributed by atoms with van der Waals surface area (Å²) in [5, 5.41) is 11.6. The van der Waals surface area contributed by atoms with E-state index in [9.17, 15) is 14.0 Å². The van der Waals surface area contributed by atoms with E-state index in [1.807, 2.05) is 18.7 Å². The van der Waals surface area contributed by atoms with Crippen molar-refractivity contribution in [3.8, 4) is 11.6 Å². The summed E-state index contributed by atoms with van der Waals surface area (Å²) in [6.45, 7) is 13.2. The zero-order valence-electron chi connectivity index (χ0n) is 28.4. The van der Waals surface area contributed by atoms with Crippen molar-refractivity contribution in [3.63, 3.8) is 0 Å². The molecular formula is C36H50FN7O3. The number of halogens is 1. The molecule has 5 aliphatic rings. The van der Waals surface area contributed by atoms with Crippen LogP contribution in [0.3, 0.4) is 0 Å². The molecule has 2 amide bonds. The number of amides is 2. The topological polar surface area (TPSA) is 104 Å². The highest BCUT2D eigenvalue weighted by atomic mass is 19.1. The van der Waals surface area contributed by atoms with Crippen molar-refractivity contribution in [1.82, 2.24) is 30.3 Å². The maximum absolute atomic E-state index is 14.4. The molecule has 2 aliphatic carbocycles. The number of hydrogen-bond acceptors (Lipinski definition) is 8. The van der Waals surface area contributed by atoms with E-state index in [0.29, 0.717) is 11.7 Å². The molecule has 11 heteroatoms. The highest BCUT2D eigenvalue weighted by molar-refractivity contribution is 5.97. The fraction of sp³-hybridized carbons (Fsp3) is 0.694. The van der Waals surface area contributed by atoms with Gasteiger partial charge in [0.25, 0.3) is 11.8 Å². The molecule has 5 fully saturated rings. The summed E-state index contributed by atoms with van der Waals surface area (Å²) in [5.41, 5.74) is 0.216. The Morgan fingerprint density at radius 2 is 1.83 bits per heavy atom. The molecule has 3 aliphatic heterocycles. The van der Waals surface area contributed by atoms with Crippen LogP contribution in [-0.2, 0) is 4.79 Å². The van der Waals surface area contributed by atoms with Crippen LogP contribution in [0.2, 0.25) is 0 Å². The number of piperidine rings is 1. The Labute approximate surface area is 277 Å². The molecule has 1 aromatic heterocycles. The summed E-state index contributed by atoms with van der Waals surface area (Å²) >= 11 is 0. The Morgan fingerprint density at radius 3 is 2.45 bits per heavy atom. The first-order valence-electron chi connectivity index (χ1n) is 17.7. The number of rotatable bonds is 8. The molecule has 0 bridgehead atoms. The second-order valence-electron chi connectivity index (χ2n) is 16.1. The third-order valence-corrected chi connectivity index (χ3v) is 11.8. The molecular weight excluding hydrogens is 597 g/mol. The lowest BCUT2D eigenvalue weighted by atomic mass is 9.70. The van der Waals surface area contributed by atoms with E-state index in [4.69, 9.17) is 4.74 Å². The molecule has 0 unspecified atom stereocenters. The smallest absolute Gasteiger partial charge is 0.282 e. The Bertz CT molecular complexity index is 1490. The van der Waals surface area contributed by atoms with E-state index in [1.165, 1.54) is 37.4 Å². The normalized spacial score (nSPS) is 27.1. The average molecular weight is 648 g/mol. The summed E-state index contributed by atoms with van der Waals surface area (Å²) in [4.78, 5) is 37.4. The van der Waals surface area contributed by atoms with Crippen LogP contribution >= 0.6 is 0 Å². The van der Waals surface area contributed by atoms with Crippen molar-refractivity contribution in [2.24, 2.45) is 16.7 Å². The minimum atomic E-state index is -0.481. The fourth-order valence-electron chi connectivity index (χ4n) is 8.93. The van der Waals surface area contributed by atoms with Gasteiger partial charge in [-0.25, -0.2) is 9.37 Å². The molecule has 2 aromatic rings. The van der Waals surface area contributed by atoms with Crippen LogP contribution in [0.15, 0.2) is 24.5 Å². The quantitative estimate of drug-likeness (QED) is 0.396. The van der Waals surface area contributed by atoms with Crippen LogP contribution in [0, 0.1) is 22.6 Å². The number of aromatic nitrogens is 3. The number of carbonyl (C=O) groups excluding carboxylic acids is 2. The summed E-state index contributed by atoms with van der Waals surface area (Å²) in [5.74, 6) is 1.31. The van der Waals surface area contributed by atoms with Gasteiger partial charge in [0, 0.05) is 48.1 Å². The maximum atomic E-state index is 14.4. The van der Waals surface area contributed by atoms with Crippen molar-refractivity contribution < 1.29 is 18.7 Å². The first kappa shape index (κ1) is 32.2. The van der Waals surface area contributed by atoms with Gasteiger partial charge in [0.1, 0.15) is 17.9 Å². The lowest BCUT2D eigenvalue weighted by Crippen LogP contribution is -2.61. The number of hydrogen-bond donors (Lipinski definition) is 1. The molecule has 4 heterocycles. The monoisotopic (exact) mass is 647 g/mol. The number of ether oxygens (including phenoxy) is 1. The molecule has 2 spiro atoms. The van der Waals surface area contributed by atoms with Crippen LogP contribution in [0.4, 0.5) is 10.2 Å². The number of anilines is 1. The van der Waals surface area contributed by atoms with Crippen molar-refractivity contribution >= 4 is 17.6 Å². The van der Waals surface area contributed by atoms with E-state index >= 15 is 0 Å². The van der Waals surface area contributed by atoms with E-state index in [2.05, 4.69) is 44.1 Å². The fourth-order valence-corrected chi connectivity index (χ4v) is 8.93. The van der Waals surface area contributed by atoms with Gasteiger partial charge in [-0.1, -0.05) is 13.8 Å². The molecule has 0 radical (unpaired) electrons. The second kappa shape index (κ2) is 12.3. The Hall–Kier alpha value is -3.34. The SMILES string of the molecule is CC(C)N(C(=O)c1cc(F)ccc1Oc1nncnc1N1CC2(CCN(CC3CCC4(CC3)CC(C)(C)C(=O)N4)CC2)C1)C1CCC1. The maximum Gasteiger partial charge on any atom is 0.282 e. The van der Waals surface area contributed by atoms with E-state index in [1.54, 1.807) is 0 Å². The number of nitrogens with zero attached hydrogens (tertiary/aromatic N) is 6. The number of likely N-dealkylation sites (tertiary alicyclic amines) is 1. The van der Waals surface area contributed by atoms with E-state index in [-0.39, 0.29) is 57.5 Å². The van der Waals surface area contributed by atoms with Gasteiger partial charge in [0.05, 0.1) is 5.56 Å². The van der Waals surface area contributed by atoms with Crippen LogP contribution in [0.5, 0.6) is 11.6 Å². The first-order valence-corrected chi connectivity index (χ1v) is 17.7. The minimum absolute atomic E-state index is 0.00932. The predicted octanol–water partition coefficient (Wildman–Crippen LogP) is 5.58. The zero-order valence-corrected chi connectivity index (χ0v) is 28.4. The summed E-state index contributed by atoms with van der Waals surface area (Å²) in [6, 6.07) is 4.23. The van der Waals surface area contributed by atoms with Gasteiger partial charge >= 0.3 is 0 Å². The Balaban J connectivity index is 0.949.